The monoisotopic (exact) mass is 454 g/mol. The number of thioether (sulfide) groups is 1. The van der Waals surface area contributed by atoms with E-state index >= 15 is 0 Å². The molecular weight excluding hydrogens is 428 g/mol. The Hall–Kier alpha value is -3.31. The first kappa shape index (κ1) is 21.5. The minimum absolute atomic E-state index is 0.000766. The predicted octanol–water partition coefficient (Wildman–Crippen LogP) is 5.91. The maximum Gasteiger partial charge on any atom is 0.265 e. The van der Waals surface area contributed by atoms with Crippen LogP contribution in [0.5, 0.6) is 0 Å². The minimum Gasteiger partial charge on any atom is -0.339 e. The quantitative estimate of drug-likeness (QED) is 0.460. The Labute approximate surface area is 198 Å². The van der Waals surface area contributed by atoms with Gasteiger partial charge in [0.25, 0.3) is 11.8 Å². The minimum atomic E-state index is -0.000766. The van der Waals surface area contributed by atoms with Gasteiger partial charge in [0.15, 0.2) is 0 Å². The van der Waals surface area contributed by atoms with Gasteiger partial charge in [-0.2, -0.15) is 0 Å². The van der Waals surface area contributed by atoms with Crippen LogP contribution in [0, 0.1) is 6.92 Å². The highest BCUT2D eigenvalue weighted by molar-refractivity contribution is 8.04. The average Bonchev–Trinajstić information content (AvgIpc) is 3.38. The third-order valence-electron chi connectivity index (χ3n) is 6.27. The lowest BCUT2D eigenvalue weighted by Crippen LogP contribution is -2.33. The van der Waals surface area contributed by atoms with Crippen LogP contribution in [0.1, 0.15) is 39.9 Å². The molecule has 0 radical (unpaired) electrons. The fourth-order valence-electron chi connectivity index (χ4n) is 4.35. The maximum atomic E-state index is 13.5. The van der Waals surface area contributed by atoms with Crippen molar-refractivity contribution in [1.29, 1.82) is 0 Å². The summed E-state index contributed by atoms with van der Waals surface area (Å²) in [7, 11) is 0. The van der Waals surface area contributed by atoms with Crippen LogP contribution in [0.3, 0.4) is 0 Å². The summed E-state index contributed by atoms with van der Waals surface area (Å²) in [6.07, 6.45) is 4.09. The molecule has 0 N–H and O–H groups in total. The highest BCUT2D eigenvalue weighted by Crippen LogP contribution is 2.42. The Bertz CT molecular complexity index is 1230. The first-order chi connectivity index (χ1) is 16.1. The first-order valence-corrected chi connectivity index (χ1v) is 12.2. The Morgan fingerprint density at radius 1 is 0.939 bits per heavy atom. The lowest BCUT2D eigenvalue weighted by atomic mass is 10.1. The first-order valence-electron chi connectivity index (χ1n) is 11.3. The molecule has 3 aromatic carbocycles. The van der Waals surface area contributed by atoms with Gasteiger partial charge in [0.05, 0.1) is 17.1 Å². The summed E-state index contributed by atoms with van der Waals surface area (Å²) >= 11 is 1.50. The van der Waals surface area contributed by atoms with Crippen LogP contribution in [-0.2, 0) is 11.3 Å². The van der Waals surface area contributed by atoms with Crippen LogP contribution in [-0.4, -0.2) is 29.8 Å². The second-order valence-electron chi connectivity index (χ2n) is 8.52. The molecule has 2 amide bonds. The molecular formula is C28H26N2O2S. The second-order valence-corrected chi connectivity index (χ2v) is 9.60. The number of rotatable bonds is 4. The van der Waals surface area contributed by atoms with E-state index in [0.717, 1.165) is 47.6 Å². The third kappa shape index (κ3) is 4.46. The largest absolute Gasteiger partial charge is 0.339 e. The van der Waals surface area contributed by atoms with Crippen LogP contribution in [0.4, 0.5) is 5.69 Å². The van der Waals surface area contributed by atoms with Crippen LogP contribution < -0.4 is 4.90 Å². The number of aryl methyl sites for hydroxylation is 1. The second kappa shape index (κ2) is 9.28. The Kier molecular flexibility index (Phi) is 6.05. The molecule has 0 bridgehead atoms. The van der Waals surface area contributed by atoms with Crippen molar-refractivity contribution in [3.63, 3.8) is 0 Å². The lowest BCUT2D eigenvalue weighted by molar-refractivity contribution is -0.114. The van der Waals surface area contributed by atoms with E-state index in [-0.39, 0.29) is 11.8 Å². The number of hydrogen-bond acceptors (Lipinski definition) is 3. The molecule has 2 aliphatic heterocycles. The highest BCUT2D eigenvalue weighted by atomic mass is 32.2. The van der Waals surface area contributed by atoms with E-state index in [1.807, 2.05) is 70.5 Å². The molecule has 5 rings (SSSR count). The normalized spacial score (nSPS) is 16.9. The van der Waals surface area contributed by atoms with Crippen molar-refractivity contribution in [3.05, 3.63) is 100.0 Å². The molecule has 166 valence electrons. The van der Waals surface area contributed by atoms with Crippen molar-refractivity contribution >= 4 is 35.3 Å². The average molecular weight is 455 g/mol. The number of likely N-dealkylation sites (tertiary alicyclic amines) is 1. The van der Waals surface area contributed by atoms with Crippen molar-refractivity contribution in [3.8, 4) is 0 Å². The fraction of sp³-hybridized carbons (Fsp3) is 0.214. The molecule has 33 heavy (non-hydrogen) atoms. The summed E-state index contributed by atoms with van der Waals surface area (Å²) in [6, 6.07) is 23.8. The van der Waals surface area contributed by atoms with Crippen LogP contribution in [0.25, 0.3) is 6.08 Å². The highest BCUT2D eigenvalue weighted by Gasteiger charge is 2.29. The standard InChI is InChI=1S/C28H26N2O2S/c1-20-8-2-3-9-23(20)19-30-24-10-4-5-11-25(24)33-26(28(30)32)18-21-12-14-22(15-13-21)27(31)29-16-6-7-17-29/h2-5,8-15,18H,6-7,16-17,19H2,1H3/b26-18+. The number of hydrogen-bond donors (Lipinski definition) is 0. The van der Waals surface area contributed by atoms with Crippen molar-refractivity contribution in [2.45, 2.75) is 31.2 Å². The third-order valence-corrected chi connectivity index (χ3v) is 7.35. The summed E-state index contributed by atoms with van der Waals surface area (Å²) in [5.74, 6) is 0.0901. The zero-order chi connectivity index (χ0) is 22.8. The van der Waals surface area contributed by atoms with Gasteiger partial charge in [-0.25, -0.2) is 0 Å². The Morgan fingerprint density at radius 2 is 1.64 bits per heavy atom. The topological polar surface area (TPSA) is 40.6 Å². The number of carbonyl (C=O) groups is 2. The smallest absolute Gasteiger partial charge is 0.265 e. The number of amides is 2. The molecule has 1 fully saturated rings. The summed E-state index contributed by atoms with van der Waals surface area (Å²) < 4.78 is 0. The molecule has 0 unspecified atom stereocenters. The van der Waals surface area contributed by atoms with Gasteiger partial charge in [-0.05, 0) is 66.8 Å². The SMILES string of the molecule is Cc1ccccc1CN1C(=O)/C(=C\c2ccc(C(=O)N3CCCC3)cc2)Sc2ccccc21. The fourth-order valence-corrected chi connectivity index (χ4v) is 5.41. The van der Waals surface area contributed by atoms with E-state index in [9.17, 15) is 9.59 Å². The van der Waals surface area contributed by atoms with Gasteiger partial charge in [-0.3, -0.25) is 9.59 Å². The zero-order valence-electron chi connectivity index (χ0n) is 18.7. The number of carbonyl (C=O) groups excluding carboxylic acids is 2. The molecule has 0 aromatic heterocycles. The lowest BCUT2D eigenvalue weighted by Gasteiger charge is -2.31. The molecule has 0 spiro atoms. The summed E-state index contributed by atoms with van der Waals surface area (Å²) in [4.78, 5) is 31.7. The van der Waals surface area contributed by atoms with Gasteiger partial charge in [0.1, 0.15) is 0 Å². The van der Waals surface area contributed by atoms with Crippen LogP contribution in [0.15, 0.2) is 82.6 Å². The van der Waals surface area contributed by atoms with Gasteiger partial charge in [0, 0.05) is 23.5 Å². The van der Waals surface area contributed by atoms with E-state index in [1.54, 1.807) is 0 Å². The zero-order valence-corrected chi connectivity index (χ0v) is 19.5. The number of benzene rings is 3. The van der Waals surface area contributed by atoms with Gasteiger partial charge < -0.3 is 9.80 Å². The number of anilines is 1. The van der Waals surface area contributed by atoms with Crippen LogP contribution >= 0.6 is 11.8 Å². The van der Waals surface area contributed by atoms with Crippen molar-refractivity contribution in [2.24, 2.45) is 0 Å². The van der Waals surface area contributed by atoms with Gasteiger partial charge >= 0.3 is 0 Å². The molecule has 0 saturated carbocycles. The van der Waals surface area contributed by atoms with E-state index in [0.29, 0.717) is 17.0 Å². The van der Waals surface area contributed by atoms with E-state index in [2.05, 4.69) is 25.1 Å². The van der Waals surface area contributed by atoms with Crippen molar-refractivity contribution in [1.82, 2.24) is 4.90 Å². The van der Waals surface area contributed by atoms with Crippen LogP contribution in [0.2, 0.25) is 0 Å². The molecule has 2 aliphatic rings. The number of nitrogens with zero attached hydrogens (tertiary/aromatic N) is 2. The van der Waals surface area contributed by atoms with Gasteiger partial charge in [-0.15, -0.1) is 0 Å². The van der Waals surface area contributed by atoms with Crippen molar-refractivity contribution < 1.29 is 9.59 Å². The van der Waals surface area contributed by atoms with E-state index in [1.165, 1.54) is 17.3 Å². The molecule has 2 heterocycles. The molecule has 5 heteroatoms. The molecule has 3 aromatic rings. The molecule has 4 nitrogen and oxygen atoms in total. The Morgan fingerprint density at radius 3 is 2.39 bits per heavy atom. The van der Waals surface area contributed by atoms with Crippen molar-refractivity contribution in [2.75, 3.05) is 18.0 Å². The van der Waals surface area contributed by atoms with E-state index in [4.69, 9.17) is 0 Å². The van der Waals surface area contributed by atoms with Gasteiger partial charge in [0.2, 0.25) is 0 Å². The molecule has 1 saturated heterocycles. The molecule has 0 aliphatic carbocycles. The predicted molar refractivity (Wildman–Crippen MR) is 134 cm³/mol. The summed E-state index contributed by atoms with van der Waals surface area (Å²) in [5, 5.41) is 0. The Balaban J connectivity index is 1.43. The van der Waals surface area contributed by atoms with E-state index < -0.39 is 0 Å². The number of para-hydroxylation sites is 1. The summed E-state index contributed by atoms with van der Waals surface area (Å²) in [6.45, 7) is 4.29. The van der Waals surface area contributed by atoms with Gasteiger partial charge in [-0.1, -0.05) is 60.3 Å². The summed E-state index contributed by atoms with van der Waals surface area (Å²) in [5.41, 5.74) is 4.87. The maximum absolute atomic E-state index is 13.5. The number of fused-ring (bicyclic) bond motifs is 1. The molecule has 0 atom stereocenters.